The molecule has 10 nitrogen and oxygen atoms in total. The number of aromatic amines is 1. The summed E-state index contributed by atoms with van der Waals surface area (Å²) in [5.41, 5.74) is 2.74. The molecular formula is C15H10Br2N2O8. The molecule has 2 rings (SSSR count). The average Bonchev–Trinajstić information content (AvgIpc) is 2.51. The maximum atomic E-state index is 12.0. The first-order valence-corrected chi connectivity index (χ1v) is 8.49. The van der Waals surface area contributed by atoms with Gasteiger partial charge in [-0.25, -0.2) is 14.4 Å². The molecule has 0 aliphatic rings. The van der Waals surface area contributed by atoms with Crippen LogP contribution >= 0.6 is 31.9 Å². The topological polar surface area (TPSA) is 180 Å². The number of hydrogen-bond donors (Lipinski definition) is 5. The lowest BCUT2D eigenvalue weighted by Gasteiger charge is -2.15. The SMILES string of the molecule is Nc1[nH]c(=O)c(C(=O)O)c(-c2cc(Br)c(OCC(=O)O)c(Br)c2)c1C(=O)O. The number of benzene rings is 1. The second-order valence-corrected chi connectivity index (χ2v) is 6.76. The van der Waals surface area contributed by atoms with Crippen LogP contribution in [0.4, 0.5) is 5.82 Å². The monoisotopic (exact) mass is 504 g/mol. The van der Waals surface area contributed by atoms with Gasteiger partial charge in [0.15, 0.2) is 6.61 Å². The Bertz CT molecular complexity index is 1010. The number of aromatic nitrogens is 1. The van der Waals surface area contributed by atoms with Crippen LogP contribution in [0.1, 0.15) is 20.7 Å². The number of nitrogens with one attached hydrogen (secondary N) is 1. The number of carbonyl (C=O) groups is 3. The van der Waals surface area contributed by atoms with Crippen LogP contribution in [0.3, 0.4) is 0 Å². The number of carboxylic acid groups (broad SMARTS) is 3. The second kappa shape index (κ2) is 7.80. The summed E-state index contributed by atoms with van der Waals surface area (Å²) < 4.78 is 5.49. The molecule has 0 spiro atoms. The maximum Gasteiger partial charge on any atom is 0.342 e. The second-order valence-electron chi connectivity index (χ2n) is 5.05. The Morgan fingerprint density at radius 1 is 1.04 bits per heavy atom. The molecule has 0 atom stereocenters. The smallest absolute Gasteiger partial charge is 0.342 e. The third kappa shape index (κ3) is 4.11. The number of H-pyrrole nitrogens is 1. The van der Waals surface area contributed by atoms with Crippen LogP contribution in [-0.4, -0.2) is 44.8 Å². The molecule has 0 aliphatic carbocycles. The van der Waals surface area contributed by atoms with E-state index in [0.717, 1.165) is 0 Å². The Morgan fingerprint density at radius 3 is 2.00 bits per heavy atom. The number of halogens is 2. The quantitative estimate of drug-likeness (QED) is 0.392. The molecule has 0 radical (unpaired) electrons. The van der Waals surface area contributed by atoms with E-state index < -0.39 is 52.6 Å². The number of nitrogen functional groups attached to an aromatic ring is 1. The number of pyridine rings is 1. The summed E-state index contributed by atoms with van der Waals surface area (Å²) in [6.45, 7) is -0.644. The van der Waals surface area contributed by atoms with Gasteiger partial charge in [0.2, 0.25) is 0 Å². The number of ether oxygens (including phenoxy) is 1. The van der Waals surface area contributed by atoms with Crippen LogP contribution in [0.5, 0.6) is 5.75 Å². The highest BCUT2D eigenvalue weighted by Gasteiger charge is 2.27. The van der Waals surface area contributed by atoms with Crippen molar-refractivity contribution < 1.29 is 34.4 Å². The third-order valence-corrected chi connectivity index (χ3v) is 4.48. The van der Waals surface area contributed by atoms with E-state index in [-0.39, 0.29) is 20.3 Å². The molecule has 0 amide bonds. The molecule has 0 fully saturated rings. The summed E-state index contributed by atoms with van der Waals surface area (Å²) in [5, 5.41) is 27.5. The van der Waals surface area contributed by atoms with Crippen molar-refractivity contribution in [2.24, 2.45) is 0 Å². The summed E-state index contributed by atoms with van der Waals surface area (Å²) in [6, 6.07) is 2.57. The van der Waals surface area contributed by atoms with Gasteiger partial charge in [0.25, 0.3) is 5.56 Å². The van der Waals surface area contributed by atoms with Crippen LogP contribution in [0, 0.1) is 0 Å². The molecule has 2 aromatic rings. The molecule has 1 heterocycles. The summed E-state index contributed by atoms with van der Waals surface area (Å²) >= 11 is 6.29. The van der Waals surface area contributed by atoms with Crippen molar-refractivity contribution in [1.82, 2.24) is 4.98 Å². The molecule has 0 bridgehead atoms. The van der Waals surface area contributed by atoms with E-state index in [0.29, 0.717) is 0 Å². The van der Waals surface area contributed by atoms with Gasteiger partial charge in [0.1, 0.15) is 22.7 Å². The lowest BCUT2D eigenvalue weighted by Crippen LogP contribution is -2.24. The summed E-state index contributed by atoms with van der Waals surface area (Å²) in [7, 11) is 0. The fourth-order valence-corrected chi connectivity index (χ4v) is 3.73. The van der Waals surface area contributed by atoms with E-state index in [9.17, 15) is 29.4 Å². The van der Waals surface area contributed by atoms with Crippen LogP contribution in [0.25, 0.3) is 11.1 Å². The van der Waals surface area contributed by atoms with E-state index in [1.807, 2.05) is 4.98 Å². The Labute approximate surface area is 166 Å². The van der Waals surface area contributed by atoms with Crippen LogP contribution in [0.2, 0.25) is 0 Å². The Morgan fingerprint density at radius 2 is 1.56 bits per heavy atom. The predicted octanol–water partition coefficient (Wildman–Crippen LogP) is 2.01. The lowest BCUT2D eigenvalue weighted by atomic mass is 9.95. The average molecular weight is 506 g/mol. The number of carboxylic acids is 3. The fourth-order valence-electron chi connectivity index (χ4n) is 2.31. The zero-order valence-corrected chi connectivity index (χ0v) is 16.2. The van der Waals surface area contributed by atoms with E-state index in [1.165, 1.54) is 12.1 Å². The highest BCUT2D eigenvalue weighted by molar-refractivity contribution is 9.11. The highest BCUT2D eigenvalue weighted by Crippen LogP contribution is 2.40. The van der Waals surface area contributed by atoms with Gasteiger partial charge in [-0.2, -0.15) is 0 Å². The number of nitrogens with two attached hydrogens (primary N) is 1. The van der Waals surface area contributed by atoms with Gasteiger partial charge in [0, 0.05) is 5.56 Å². The van der Waals surface area contributed by atoms with Gasteiger partial charge in [-0.05, 0) is 49.6 Å². The zero-order valence-electron chi connectivity index (χ0n) is 13.1. The molecule has 0 saturated carbocycles. The molecule has 1 aromatic heterocycles. The van der Waals surface area contributed by atoms with Crippen molar-refractivity contribution in [3.63, 3.8) is 0 Å². The first-order valence-electron chi connectivity index (χ1n) is 6.91. The van der Waals surface area contributed by atoms with Crippen LogP contribution in [-0.2, 0) is 4.79 Å². The predicted molar refractivity (Wildman–Crippen MR) is 99.4 cm³/mol. The first-order chi connectivity index (χ1) is 12.5. The summed E-state index contributed by atoms with van der Waals surface area (Å²) in [6.07, 6.45) is 0. The Hall–Kier alpha value is -2.86. The van der Waals surface area contributed by atoms with Crippen LogP contribution in [0.15, 0.2) is 25.9 Å². The molecule has 0 unspecified atom stereocenters. The molecular weight excluding hydrogens is 496 g/mol. The normalized spacial score (nSPS) is 10.4. The van der Waals surface area contributed by atoms with Crippen molar-refractivity contribution >= 4 is 55.6 Å². The van der Waals surface area contributed by atoms with Gasteiger partial charge in [-0.1, -0.05) is 0 Å². The number of aromatic carboxylic acids is 2. The van der Waals surface area contributed by atoms with Crippen molar-refractivity contribution in [3.8, 4) is 16.9 Å². The molecule has 142 valence electrons. The number of anilines is 1. The summed E-state index contributed by atoms with van der Waals surface area (Å²) in [4.78, 5) is 47.9. The molecule has 12 heteroatoms. The van der Waals surface area contributed by atoms with Crippen molar-refractivity contribution in [1.29, 1.82) is 0 Å². The molecule has 6 N–H and O–H groups in total. The van der Waals surface area contributed by atoms with Crippen LogP contribution < -0.4 is 16.0 Å². The molecule has 27 heavy (non-hydrogen) atoms. The maximum absolute atomic E-state index is 12.0. The Kier molecular flexibility index (Phi) is 5.91. The molecule has 1 aromatic carbocycles. The van der Waals surface area contributed by atoms with Gasteiger partial charge in [-0.15, -0.1) is 0 Å². The van der Waals surface area contributed by atoms with E-state index >= 15 is 0 Å². The van der Waals surface area contributed by atoms with Gasteiger partial charge < -0.3 is 30.8 Å². The highest BCUT2D eigenvalue weighted by atomic mass is 79.9. The number of hydrogen-bond acceptors (Lipinski definition) is 6. The standard InChI is InChI=1S/C15H10Br2N2O8/c16-5-1-4(2-6(17)11(5)27-3-7(20)21)8-9(14(23)24)12(18)19-13(22)10(8)15(25)26/h1-2H,3H2,(H,20,21)(H,23,24)(H,25,26)(H3,18,19,22). The van der Waals surface area contributed by atoms with Gasteiger partial charge >= 0.3 is 17.9 Å². The third-order valence-electron chi connectivity index (χ3n) is 3.30. The van der Waals surface area contributed by atoms with Crippen molar-refractivity contribution in [2.45, 2.75) is 0 Å². The minimum absolute atomic E-state index is 0.0315. The number of aliphatic carboxylic acids is 1. The van der Waals surface area contributed by atoms with Crippen molar-refractivity contribution in [2.75, 3.05) is 12.3 Å². The minimum Gasteiger partial charge on any atom is -0.480 e. The fraction of sp³-hybridized carbons (Fsp3) is 0.0667. The van der Waals surface area contributed by atoms with E-state index in [4.69, 9.17) is 15.6 Å². The largest absolute Gasteiger partial charge is 0.480 e. The zero-order chi connectivity index (χ0) is 20.5. The van der Waals surface area contributed by atoms with E-state index in [1.54, 1.807) is 0 Å². The van der Waals surface area contributed by atoms with Gasteiger partial charge in [-0.3, -0.25) is 4.79 Å². The first kappa shape index (κ1) is 20.5. The lowest BCUT2D eigenvalue weighted by molar-refractivity contribution is -0.139. The Balaban J connectivity index is 2.82. The molecule has 0 aliphatic heterocycles. The minimum atomic E-state index is -1.65. The van der Waals surface area contributed by atoms with E-state index in [2.05, 4.69) is 31.9 Å². The molecule has 0 saturated heterocycles. The number of rotatable bonds is 6. The summed E-state index contributed by atoms with van der Waals surface area (Å²) in [5.74, 6) is -4.83. The van der Waals surface area contributed by atoms with Crippen molar-refractivity contribution in [3.05, 3.63) is 42.6 Å². The van der Waals surface area contributed by atoms with Gasteiger partial charge in [0.05, 0.1) is 8.95 Å².